The maximum Gasteiger partial charge on any atom is 0.313 e. The molecule has 0 fully saturated rings. The Bertz CT molecular complexity index is 1050. The molecule has 0 atom stereocenters. The average molecular weight is 415 g/mol. The third kappa shape index (κ3) is 6.54. The number of nitrogens with one attached hydrogen (secondary N) is 3. The van der Waals surface area contributed by atoms with Crippen molar-refractivity contribution in [3.63, 3.8) is 0 Å². The third-order valence-electron chi connectivity index (χ3n) is 4.74. The molecular formula is C25H25N3O3. The van der Waals surface area contributed by atoms with Crippen LogP contribution in [0.1, 0.15) is 27.0 Å². The molecule has 3 rings (SSSR count). The summed E-state index contributed by atoms with van der Waals surface area (Å²) in [7, 11) is 0. The average Bonchev–Trinajstić information content (AvgIpc) is 2.79. The van der Waals surface area contributed by atoms with Crippen LogP contribution in [0.4, 0.5) is 5.69 Å². The van der Waals surface area contributed by atoms with Crippen molar-refractivity contribution in [2.75, 3.05) is 11.9 Å². The van der Waals surface area contributed by atoms with E-state index < -0.39 is 11.8 Å². The molecule has 0 saturated carbocycles. The van der Waals surface area contributed by atoms with Gasteiger partial charge in [-0.25, -0.2) is 0 Å². The van der Waals surface area contributed by atoms with E-state index in [1.165, 1.54) is 0 Å². The van der Waals surface area contributed by atoms with Crippen LogP contribution in [-0.2, 0) is 22.6 Å². The summed E-state index contributed by atoms with van der Waals surface area (Å²) < 4.78 is 0. The molecule has 0 unspecified atom stereocenters. The zero-order valence-electron chi connectivity index (χ0n) is 17.4. The van der Waals surface area contributed by atoms with E-state index in [9.17, 15) is 14.4 Å². The Labute approximate surface area is 181 Å². The molecule has 0 heterocycles. The number of carbonyl (C=O) groups is 3. The summed E-state index contributed by atoms with van der Waals surface area (Å²) in [6.07, 6.45) is 0.697. The maximum atomic E-state index is 12.6. The minimum absolute atomic E-state index is 0.244. The first kappa shape index (κ1) is 21.8. The van der Waals surface area contributed by atoms with Crippen LogP contribution in [0.25, 0.3) is 0 Å². The molecule has 0 saturated heterocycles. The lowest BCUT2D eigenvalue weighted by atomic mass is 10.1. The lowest BCUT2D eigenvalue weighted by Gasteiger charge is -2.12. The van der Waals surface area contributed by atoms with Gasteiger partial charge in [0.25, 0.3) is 5.91 Å². The molecule has 3 amide bonds. The Morgan fingerprint density at radius 2 is 1.39 bits per heavy atom. The van der Waals surface area contributed by atoms with Crippen molar-refractivity contribution in [1.82, 2.24) is 10.6 Å². The van der Waals surface area contributed by atoms with Crippen LogP contribution in [0.15, 0.2) is 78.9 Å². The minimum Gasteiger partial charge on any atom is -0.352 e. The molecule has 0 aliphatic heterocycles. The molecule has 31 heavy (non-hydrogen) atoms. The van der Waals surface area contributed by atoms with E-state index >= 15 is 0 Å². The number of aryl methyl sites for hydroxylation is 1. The van der Waals surface area contributed by atoms with Crippen LogP contribution in [0, 0.1) is 6.92 Å². The molecule has 0 spiro atoms. The maximum absolute atomic E-state index is 12.6. The van der Waals surface area contributed by atoms with Crippen molar-refractivity contribution in [1.29, 1.82) is 0 Å². The first-order valence-electron chi connectivity index (χ1n) is 10.1. The largest absolute Gasteiger partial charge is 0.352 e. The van der Waals surface area contributed by atoms with Gasteiger partial charge < -0.3 is 16.0 Å². The molecular weight excluding hydrogens is 390 g/mol. The van der Waals surface area contributed by atoms with Gasteiger partial charge in [0.1, 0.15) is 0 Å². The van der Waals surface area contributed by atoms with Gasteiger partial charge in [-0.2, -0.15) is 0 Å². The van der Waals surface area contributed by atoms with E-state index in [1.807, 2.05) is 61.5 Å². The van der Waals surface area contributed by atoms with Crippen molar-refractivity contribution < 1.29 is 14.4 Å². The topological polar surface area (TPSA) is 87.3 Å². The highest BCUT2D eigenvalue weighted by atomic mass is 16.2. The van der Waals surface area contributed by atoms with Gasteiger partial charge in [-0.05, 0) is 36.6 Å². The van der Waals surface area contributed by atoms with Crippen molar-refractivity contribution in [3.05, 3.63) is 101 Å². The Kier molecular flexibility index (Phi) is 7.54. The molecule has 6 heteroatoms. The van der Waals surface area contributed by atoms with Gasteiger partial charge in [-0.15, -0.1) is 0 Å². The van der Waals surface area contributed by atoms with E-state index in [0.717, 1.165) is 16.7 Å². The Morgan fingerprint density at radius 3 is 2.13 bits per heavy atom. The van der Waals surface area contributed by atoms with Crippen molar-refractivity contribution in [2.45, 2.75) is 19.9 Å². The first-order valence-corrected chi connectivity index (χ1v) is 10.1. The molecule has 6 nitrogen and oxygen atoms in total. The number of hydrogen-bond donors (Lipinski definition) is 3. The van der Waals surface area contributed by atoms with Gasteiger partial charge in [0, 0.05) is 13.1 Å². The Balaban J connectivity index is 1.54. The van der Waals surface area contributed by atoms with Crippen molar-refractivity contribution >= 4 is 23.4 Å². The summed E-state index contributed by atoms with van der Waals surface area (Å²) in [5, 5.41) is 7.97. The molecule has 0 aromatic heterocycles. The summed E-state index contributed by atoms with van der Waals surface area (Å²) in [5.74, 6) is -1.90. The van der Waals surface area contributed by atoms with Crippen molar-refractivity contribution in [3.8, 4) is 0 Å². The zero-order valence-corrected chi connectivity index (χ0v) is 17.4. The fraction of sp³-hybridized carbons (Fsp3) is 0.160. The van der Waals surface area contributed by atoms with E-state index in [0.29, 0.717) is 18.5 Å². The molecule has 3 N–H and O–H groups in total. The monoisotopic (exact) mass is 415 g/mol. The predicted octanol–water partition coefficient (Wildman–Crippen LogP) is 3.22. The summed E-state index contributed by atoms with van der Waals surface area (Å²) in [6, 6.07) is 24.1. The predicted molar refractivity (Wildman–Crippen MR) is 121 cm³/mol. The van der Waals surface area contributed by atoms with Gasteiger partial charge in [0.2, 0.25) is 0 Å². The van der Waals surface area contributed by atoms with Gasteiger partial charge in [-0.3, -0.25) is 14.4 Å². The summed E-state index contributed by atoms with van der Waals surface area (Å²) in [6.45, 7) is 2.68. The van der Waals surface area contributed by atoms with Gasteiger partial charge >= 0.3 is 11.8 Å². The Hall–Kier alpha value is -3.93. The van der Waals surface area contributed by atoms with Gasteiger partial charge in [0.05, 0.1) is 11.3 Å². The van der Waals surface area contributed by atoms with Crippen LogP contribution in [0.2, 0.25) is 0 Å². The standard InChI is InChI=1S/C25H25N3O3/c1-18-11-13-20(14-12-18)17-27-24(30)25(31)28-22-10-6-5-9-21(22)23(29)26-16-15-19-7-3-2-4-8-19/h2-14H,15-17H2,1H3,(H,26,29)(H,27,30)(H,28,31). The van der Waals surface area contributed by atoms with E-state index in [1.54, 1.807) is 24.3 Å². The quantitative estimate of drug-likeness (QED) is 0.518. The second kappa shape index (κ2) is 10.7. The molecule has 0 aliphatic rings. The number of carbonyl (C=O) groups excluding carboxylic acids is 3. The van der Waals surface area contributed by atoms with Crippen LogP contribution >= 0.6 is 0 Å². The second-order valence-corrected chi connectivity index (χ2v) is 7.16. The first-order chi connectivity index (χ1) is 15.0. The summed E-state index contributed by atoms with van der Waals surface area (Å²) in [5.41, 5.74) is 3.72. The highest BCUT2D eigenvalue weighted by Gasteiger charge is 2.17. The number of amides is 3. The lowest BCUT2D eigenvalue weighted by molar-refractivity contribution is -0.136. The highest BCUT2D eigenvalue weighted by molar-refractivity contribution is 6.40. The van der Waals surface area contributed by atoms with Crippen LogP contribution < -0.4 is 16.0 Å². The van der Waals surface area contributed by atoms with Crippen LogP contribution in [0.5, 0.6) is 0 Å². The Morgan fingerprint density at radius 1 is 0.710 bits per heavy atom. The molecule has 3 aromatic carbocycles. The molecule has 0 aliphatic carbocycles. The van der Waals surface area contributed by atoms with E-state index in [2.05, 4.69) is 16.0 Å². The second-order valence-electron chi connectivity index (χ2n) is 7.16. The van der Waals surface area contributed by atoms with Crippen LogP contribution in [0.3, 0.4) is 0 Å². The smallest absolute Gasteiger partial charge is 0.313 e. The fourth-order valence-electron chi connectivity index (χ4n) is 3.00. The molecule has 0 radical (unpaired) electrons. The van der Waals surface area contributed by atoms with Crippen LogP contribution in [-0.4, -0.2) is 24.3 Å². The molecule has 0 bridgehead atoms. The third-order valence-corrected chi connectivity index (χ3v) is 4.74. The molecule has 3 aromatic rings. The lowest BCUT2D eigenvalue weighted by Crippen LogP contribution is -2.35. The zero-order chi connectivity index (χ0) is 22.1. The summed E-state index contributed by atoms with van der Waals surface area (Å²) in [4.78, 5) is 37.1. The summed E-state index contributed by atoms with van der Waals surface area (Å²) >= 11 is 0. The van der Waals surface area contributed by atoms with E-state index in [4.69, 9.17) is 0 Å². The number of benzene rings is 3. The normalized spacial score (nSPS) is 10.2. The number of rotatable bonds is 7. The van der Waals surface area contributed by atoms with E-state index in [-0.39, 0.29) is 18.1 Å². The number of hydrogen-bond acceptors (Lipinski definition) is 3. The minimum atomic E-state index is -0.823. The highest BCUT2D eigenvalue weighted by Crippen LogP contribution is 2.15. The molecule has 158 valence electrons. The fourth-order valence-corrected chi connectivity index (χ4v) is 3.00. The van der Waals surface area contributed by atoms with Crippen molar-refractivity contribution in [2.24, 2.45) is 0 Å². The van der Waals surface area contributed by atoms with Gasteiger partial charge in [0.15, 0.2) is 0 Å². The number of para-hydroxylation sites is 1. The SMILES string of the molecule is Cc1ccc(CNC(=O)C(=O)Nc2ccccc2C(=O)NCCc2ccccc2)cc1. The number of anilines is 1. The van der Waals surface area contributed by atoms with Gasteiger partial charge in [-0.1, -0.05) is 72.3 Å².